The second kappa shape index (κ2) is 10.6. The van der Waals surface area contributed by atoms with Gasteiger partial charge in [-0.05, 0) is 24.3 Å². The minimum atomic E-state index is -1.03. The van der Waals surface area contributed by atoms with Crippen molar-refractivity contribution in [3.63, 3.8) is 0 Å². The molecule has 0 aromatic heterocycles. The van der Waals surface area contributed by atoms with Crippen molar-refractivity contribution in [3.8, 4) is 11.5 Å². The molecular formula is C20H27N3O3S. The molecule has 2 aromatic rings. The highest BCUT2D eigenvalue weighted by atomic mass is 32.2. The molecule has 0 aliphatic rings. The molecular weight excluding hydrogens is 362 g/mol. The third kappa shape index (κ3) is 5.99. The SMILES string of the molecule is CN=C(NCCS(=O)c1ccccc1)N(C)Cc1ccc(OC)cc1OC. The summed E-state index contributed by atoms with van der Waals surface area (Å²) in [7, 11) is 5.93. The third-order valence-corrected chi connectivity index (χ3v) is 5.42. The largest absolute Gasteiger partial charge is 0.497 e. The van der Waals surface area contributed by atoms with E-state index >= 15 is 0 Å². The van der Waals surface area contributed by atoms with E-state index in [1.807, 2.05) is 60.5 Å². The summed E-state index contributed by atoms with van der Waals surface area (Å²) in [5.41, 5.74) is 1.02. The van der Waals surface area contributed by atoms with Crippen LogP contribution < -0.4 is 14.8 Å². The fourth-order valence-corrected chi connectivity index (χ4v) is 3.63. The van der Waals surface area contributed by atoms with Crippen LogP contribution in [0.2, 0.25) is 0 Å². The molecule has 7 heteroatoms. The normalized spacial score (nSPS) is 12.4. The average Bonchev–Trinajstić information content (AvgIpc) is 2.71. The lowest BCUT2D eigenvalue weighted by Crippen LogP contribution is -2.40. The summed E-state index contributed by atoms with van der Waals surface area (Å²) in [6.07, 6.45) is 0. The first-order valence-electron chi connectivity index (χ1n) is 8.65. The smallest absolute Gasteiger partial charge is 0.193 e. The van der Waals surface area contributed by atoms with Crippen LogP contribution in [0.5, 0.6) is 11.5 Å². The van der Waals surface area contributed by atoms with Crippen molar-refractivity contribution in [3.05, 3.63) is 54.1 Å². The first-order valence-corrected chi connectivity index (χ1v) is 9.97. The molecule has 27 heavy (non-hydrogen) atoms. The van der Waals surface area contributed by atoms with Gasteiger partial charge in [-0.1, -0.05) is 18.2 Å². The first-order chi connectivity index (χ1) is 13.1. The maximum Gasteiger partial charge on any atom is 0.193 e. The van der Waals surface area contributed by atoms with Gasteiger partial charge in [0, 0.05) is 49.5 Å². The molecule has 1 N–H and O–H groups in total. The summed E-state index contributed by atoms with van der Waals surface area (Å²) in [5, 5.41) is 3.27. The van der Waals surface area contributed by atoms with Gasteiger partial charge in [0.15, 0.2) is 5.96 Å². The zero-order valence-corrected chi connectivity index (χ0v) is 17.1. The topological polar surface area (TPSA) is 63.2 Å². The number of aliphatic imine (C=N–C) groups is 1. The Kier molecular flexibility index (Phi) is 8.13. The molecule has 0 aliphatic carbocycles. The van der Waals surface area contributed by atoms with Gasteiger partial charge in [-0.25, -0.2) is 0 Å². The number of rotatable bonds is 8. The summed E-state index contributed by atoms with van der Waals surface area (Å²) >= 11 is 0. The van der Waals surface area contributed by atoms with E-state index in [-0.39, 0.29) is 0 Å². The summed E-state index contributed by atoms with van der Waals surface area (Å²) in [5.74, 6) is 2.77. The van der Waals surface area contributed by atoms with Gasteiger partial charge in [-0.15, -0.1) is 0 Å². The van der Waals surface area contributed by atoms with Crippen LogP contribution in [0.25, 0.3) is 0 Å². The number of nitrogens with one attached hydrogen (secondary N) is 1. The number of hydrogen-bond donors (Lipinski definition) is 1. The highest BCUT2D eigenvalue weighted by molar-refractivity contribution is 7.85. The van der Waals surface area contributed by atoms with Crippen LogP contribution in [0.4, 0.5) is 0 Å². The molecule has 2 aromatic carbocycles. The van der Waals surface area contributed by atoms with Crippen molar-refractivity contribution < 1.29 is 13.7 Å². The Morgan fingerprint density at radius 3 is 2.52 bits per heavy atom. The van der Waals surface area contributed by atoms with Crippen LogP contribution >= 0.6 is 0 Å². The lowest BCUT2D eigenvalue weighted by atomic mass is 10.2. The molecule has 0 bridgehead atoms. The Balaban J connectivity index is 1.92. The van der Waals surface area contributed by atoms with Gasteiger partial charge < -0.3 is 19.7 Å². The fraction of sp³-hybridized carbons (Fsp3) is 0.350. The van der Waals surface area contributed by atoms with Gasteiger partial charge in [-0.2, -0.15) is 0 Å². The van der Waals surface area contributed by atoms with E-state index in [0.717, 1.165) is 27.9 Å². The second-order valence-corrected chi connectivity index (χ2v) is 7.44. The molecule has 1 unspecified atom stereocenters. The highest BCUT2D eigenvalue weighted by Gasteiger charge is 2.12. The molecule has 0 fully saturated rings. The van der Waals surface area contributed by atoms with E-state index in [2.05, 4.69) is 10.3 Å². The lowest BCUT2D eigenvalue weighted by molar-refractivity contribution is 0.382. The van der Waals surface area contributed by atoms with E-state index in [0.29, 0.717) is 18.8 Å². The van der Waals surface area contributed by atoms with Crippen LogP contribution in [0.15, 0.2) is 58.4 Å². The quantitative estimate of drug-likeness (QED) is 0.555. The van der Waals surface area contributed by atoms with Crippen molar-refractivity contribution >= 4 is 16.8 Å². The number of guanidine groups is 1. The summed E-state index contributed by atoms with van der Waals surface area (Å²) < 4.78 is 23.0. The molecule has 0 saturated carbocycles. The van der Waals surface area contributed by atoms with E-state index in [9.17, 15) is 4.21 Å². The second-order valence-electron chi connectivity index (χ2n) is 5.87. The average molecular weight is 390 g/mol. The number of hydrogen-bond acceptors (Lipinski definition) is 4. The van der Waals surface area contributed by atoms with Gasteiger partial charge in [0.25, 0.3) is 0 Å². The summed E-state index contributed by atoms with van der Waals surface area (Å²) in [4.78, 5) is 7.14. The standard InChI is InChI=1S/C20H27N3O3S/c1-21-20(22-12-13-27(24)18-8-6-5-7-9-18)23(2)15-16-10-11-17(25-3)14-19(16)26-4/h5-11,14H,12-13,15H2,1-4H3,(H,21,22). The Labute approximate surface area is 163 Å². The number of nitrogens with zero attached hydrogens (tertiary/aromatic N) is 2. The van der Waals surface area contributed by atoms with Gasteiger partial charge in [0.1, 0.15) is 11.5 Å². The van der Waals surface area contributed by atoms with E-state index < -0.39 is 10.8 Å². The zero-order chi connectivity index (χ0) is 19.6. The van der Waals surface area contributed by atoms with Crippen molar-refractivity contribution in [2.45, 2.75) is 11.4 Å². The van der Waals surface area contributed by atoms with Crippen LogP contribution in [-0.2, 0) is 17.3 Å². The van der Waals surface area contributed by atoms with Crippen LogP contribution in [-0.4, -0.2) is 55.7 Å². The molecule has 0 saturated heterocycles. The van der Waals surface area contributed by atoms with E-state index in [4.69, 9.17) is 9.47 Å². The Hall–Kier alpha value is -2.54. The van der Waals surface area contributed by atoms with Crippen LogP contribution in [0.1, 0.15) is 5.56 Å². The number of methoxy groups -OCH3 is 2. The van der Waals surface area contributed by atoms with E-state index in [1.54, 1.807) is 21.3 Å². The third-order valence-electron chi connectivity index (χ3n) is 4.05. The Morgan fingerprint density at radius 1 is 1.15 bits per heavy atom. The van der Waals surface area contributed by atoms with Gasteiger partial charge in [0.2, 0.25) is 0 Å². The van der Waals surface area contributed by atoms with Crippen LogP contribution in [0, 0.1) is 0 Å². The molecule has 0 heterocycles. The van der Waals surface area contributed by atoms with Crippen LogP contribution in [0.3, 0.4) is 0 Å². The molecule has 0 amide bonds. The fourth-order valence-electron chi connectivity index (χ4n) is 2.64. The first kappa shape index (κ1) is 20.8. The molecule has 6 nitrogen and oxygen atoms in total. The Bertz CT molecular complexity index is 781. The molecule has 0 spiro atoms. The van der Waals surface area contributed by atoms with Gasteiger partial charge in [0.05, 0.1) is 25.0 Å². The summed E-state index contributed by atoms with van der Waals surface area (Å²) in [6, 6.07) is 15.2. The van der Waals surface area contributed by atoms with E-state index in [1.165, 1.54) is 0 Å². The molecule has 0 radical (unpaired) electrons. The zero-order valence-electron chi connectivity index (χ0n) is 16.3. The molecule has 1 atom stereocenters. The minimum absolute atomic E-state index is 0.517. The number of benzene rings is 2. The van der Waals surface area contributed by atoms with Gasteiger partial charge >= 0.3 is 0 Å². The molecule has 0 aliphatic heterocycles. The molecule has 2 rings (SSSR count). The highest BCUT2D eigenvalue weighted by Crippen LogP contribution is 2.25. The lowest BCUT2D eigenvalue weighted by Gasteiger charge is -2.23. The van der Waals surface area contributed by atoms with Gasteiger partial charge in [-0.3, -0.25) is 9.20 Å². The predicted octanol–water partition coefficient (Wildman–Crippen LogP) is 2.52. The summed E-state index contributed by atoms with van der Waals surface area (Å²) in [6.45, 7) is 1.19. The van der Waals surface area contributed by atoms with Crippen molar-refractivity contribution in [1.29, 1.82) is 0 Å². The van der Waals surface area contributed by atoms with Crippen molar-refractivity contribution in [1.82, 2.24) is 10.2 Å². The van der Waals surface area contributed by atoms with Crippen molar-refractivity contribution in [2.75, 3.05) is 40.6 Å². The predicted molar refractivity (Wildman–Crippen MR) is 110 cm³/mol. The molecule has 146 valence electrons. The maximum atomic E-state index is 12.3. The monoisotopic (exact) mass is 389 g/mol. The minimum Gasteiger partial charge on any atom is -0.497 e. The Morgan fingerprint density at radius 2 is 1.89 bits per heavy atom. The van der Waals surface area contributed by atoms with Crippen molar-refractivity contribution in [2.24, 2.45) is 4.99 Å². The maximum absolute atomic E-state index is 12.3. The number of ether oxygens (including phenoxy) is 2.